The van der Waals surface area contributed by atoms with Gasteiger partial charge >= 0.3 is 0 Å². The third-order valence-electron chi connectivity index (χ3n) is 6.05. The van der Waals surface area contributed by atoms with Crippen LogP contribution in [-0.4, -0.2) is 60.4 Å². The molecule has 0 radical (unpaired) electrons. The van der Waals surface area contributed by atoms with Crippen molar-refractivity contribution in [3.05, 3.63) is 0 Å². The molecule has 0 spiro atoms. The van der Waals surface area contributed by atoms with Crippen molar-refractivity contribution < 1.29 is 4.79 Å². The van der Waals surface area contributed by atoms with Crippen molar-refractivity contribution in [3.63, 3.8) is 0 Å². The predicted molar refractivity (Wildman–Crippen MR) is 73.8 cm³/mol. The van der Waals surface area contributed by atoms with Gasteiger partial charge in [0.05, 0.1) is 5.41 Å². The molecule has 0 amide bonds. The number of ketones is 1. The van der Waals surface area contributed by atoms with E-state index < -0.39 is 5.54 Å². The maximum absolute atomic E-state index is 13.1. The van der Waals surface area contributed by atoms with E-state index >= 15 is 0 Å². The van der Waals surface area contributed by atoms with Crippen LogP contribution in [0.3, 0.4) is 0 Å². The SMILES string of the molecule is NC12CN3CCN(C1)CC(C1CCCCC1)(C3)C2=O. The first-order chi connectivity index (χ1) is 9.12. The number of piperidine rings is 2. The lowest BCUT2D eigenvalue weighted by Gasteiger charge is -2.56. The summed E-state index contributed by atoms with van der Waals surface area (Å²) in [6.45, 7) is 5.73. The summed E-state index contributed by atoms with van der Waals surface area (Å²) in [4.78, 5) is 18.0. The monoisotopic (exact) mass is 263 g/mol. The molecule has 4 nitrogen and oxygen atoms in total. The van der Waals surface area contributed by atoms with Crippen molar-refractivity contribution in [2.24, 2.45) is 17.1 Å². The Morgan fingerprint density at radius 3 is 2.11 bits per heavy atom. The fourth-order valence-corrected chi connectivity index (χ4v) is 5.29. The van der Waals surface area contributed by atoms with Gasteiger partial charge in [0.1, 0.15) is 5.54 Å². The molecule has 2 atom stereocenters. The molecule has 4 heteroatoms. The molecule has 0 aromatic carbocycles. The molecule has 4 heterocycles. The Kier molecular flexibility index (Phi) is 2.61. The molecule has 5 fully saturated rings. The lowest BCUT2D eigenvalue weighted by atomic mass is 9.58. The average molecular weight is 263 g/mol. The average Bonchev–Trinajstić information content (AvgIpc) is 2.64. The summed E-state index contributed by atoms with van der Waals surface area (Å²) < 4.78 is 0. The van der Waals surface area contributed by atoms with E-state index in [-0.39, 0.29) is 5.41 Å². The van der Waals surface area contributed by atoms with Gasteiger partial charge in [0, 0.05) is 39.3 Å². The zero-order valence-electron chi connectivity index (χ0n) is 11.7. The number of Topliss-reactive ketones (excluding diaryl/α,β-unsaturated/α-hetero) is 1. The Morgan fingerprint density at radius 2 is 1.53 bits per heavy atom. The summed E-state index contributed by atoms with van der Waals surface area (Å²) >= 11 is 0. The molecule has 2 unspecified atom stereocenters. The number of rotatable bonds is 1. The second-order valence-corrected chi connectivity index (χ2v) is 7.40. The Hall–Kier alpha value is -0.450. The van der Waals surface area contributed by atoms with Gasteiger partial charge in [0.25, 0.3) is 0 Å². The Bertz CT molecular complexity index is 386. The highest BCUT2D eigenvalue weighted by atomic mass is 16.1. The highest BCUT2D eigenvalue weighted by Crippen LogP contribution is 2.48. The van der Waals surface area contributed by atoms with Gasteiger partial charge in [-0.15, -0.1) is 0 Å². The number of hydrogen-bond donors (Lipinski definition) is 1. The molecule has 0 aromatic heterocycles. The van der Waals surface area contributed by atoms with Crippen LogP contribution < -0.4 is 5.73 Å². The van der Waals surface area contributed by atoms with E-state index in [9.17, 15) is 4.79 Å². The van der Waals surface area contributed by atoms with Gasteiger partial charge in [-0.1, -0.05) is 19.3 Å². The molecule has 2 N–H and O–H groups in total. The zero-order valence-corrected chi connectivity index (χ0v) is 11.7. The van der Waals surface area contributed by atoms with Crippen molar-refractivity contribution in [2.45, 2.75) is 37.6 Å². The number of hydrogen-bond acceptors (Lipinski definition) is 4. The van der Waals surface area contributed by atoms with Crippen LogP contribution >= 0.6 is 0 Å². The van der Waals surface area contributed by atoms with E-state index in [2.05, 4.69) is 9.80 Å². The molecule has 4 saturated heterocycles. The van der Waals surface area contributed by atoms with Crippen LogP contribution in [0.4, 0.5) is 0 Å². The smallest absolute Gasteiger partial charge is 0.164 e. The Labute approximate surface area is 115 Å². The van der Waals surface area contributed by atoms with Gasteiger partial charge < -0.3 is 5.73 Å². The van der Waals surface area contributed by atoms with Gasteiger partial charge in [-0.2, -0.15) is 0 Å². The van der Waals surface area contributed by atoms with Gasteiger partial charge in [-0.3, -0.25) is 14.6 Å². The number of nitrogens with two attached hydrogens (primary N) is 1. The maximum atomic E-state index is 13.1. The van der Waals surface area contributed by atoms with Crippen LogP contribution in [0.1, 0.15) is 32.1 Å². The molecule has 0 aromatic rings. The minimum atomic E-state index is -0.579. The maximum Gasteiger partial charge on any atom is 0.164 e. The lowest BCUT2D eigenvalue weighted by Crippen LogP contribution is -2.76. The molecule has 19 heavy (non-hydrogen) atoms. The van der Waals surface area contributed by atoms with Crippen LogP contribution in [0.5, 0.6) is 0 Å². The van der Waals surface area contributed by atoms with E-state index in [0.29, 0.717) is 11.7 Å². The van der Waals surface area contributed by atoms with E-state index in [0.717, 1.165) is 39.3 Å². The van der Waals surface area contributed by atoms with Crippen LogP contribution in [0.25, 0.3) is 0 Å². The molecular formula is C15H25N3O. The molecule has 1 saturated carbocycles. The molecule has 5 rings (SSSR count). The number of fused-ring (bicyclic) bond motifs is 1. The predicted octanol–water partition coefficient (Wildman–Crippen LogP) is 0.464. The minimum Gasteiger partial charge on any atom is -0.317 e. The van der Waals surface area contributed by atoms with Gasteiger partial charge in [-0.05, 0) is 18.8 Å². The molecule has 4 bridgehead atoms. The van der Waals surface area contributed by atoms with Crippen LogP contribution in [-0.2, 0) is 4.79 Å². The number of carbonyl (C=O) groups is 1. The summed E-state index contributed by atoms with van der Waals surface area (Å²) in [5.41, 5.74) is 5.81. The lowest BCUT2D eigenvalue weighted by molar-refractivity contribution is -0.153. The van der Waals surface area contributed by atoms with Crippen LogP contribution in [0.2, 0.25) is 0 Å². The van der Waals surface area contributed by atoms with Crippen molar-refractivity contribution in [1.29, 1.82) is 0 Å². The highest BCUT2D eigenvalue weighted by Gasteiger charge is 2.62. The second kappa shape index (κ2) is 4.03. The highest BCUT2D eigenvalue weighted by molar-refractivity contribution is 5.96. The van der Waals surface area contributed by atoms with E-state index in [4.69, 9.17) is 5.73 Å². The first kappa shape index (κ1) is 12.3. The van der Waals surface area contributed by atoms with E-state index in [1.807, 2.05) is 0 Å². The molecule has 5 aliphatic rings. The third kappa shape index (κ3) is 1.66. The largest absolute Gasteiger partial charge is 0.317 e. The third-order valence-corrected chi connectivity index (χ3v) is 6.05. The fourth-order valence-electron chi connectivity index (χ4n) is 5.29. The van der Waals surface area contributed by atoms with Crippen molar-refractivity contribution in [1.82, 2.24) is 9.80 Å². The minimum absolute atomic E-state index is 0.137. The van der Waals surface area contributed by atoms with Gasteiger partial charge in [0.2, 0.25) is 0 Å². The molecular weight excluding hydrogens is 238 g/mol. The standard InChI is InChI=1S/C15H25N3O/c16-15-10-17-6-7-18(11-15)9-14(8-17,13(15)19)12-4-2-1-3-5-12/h12H,1-11,16H2. The van der Waals surface area contributed by atoms with Crippen molar-refractivity contribution >= 4 is 5.78 Å². The number of nitrogens with zero attached hydrogens (tertiary/aromatic N) is 2. The van der Waals surface area contributed by atoms with Gasteiger partial charge in [-0.25, -0.2) is 0 Å². The summed E-state index contributed by atoms with van der Waals surface area (Å²) in [7, 11) is 0. The van der Waals surface area contributed by atoms with Crippen LogP contribution in [0.15, 0.2) is 0 Å². The first-order valence-corrected chi connectivity index (χ1v) is 7.91. The molecule has 106 valence electrons. The summed E-state index contributed by atoms with van der Waals surface area (Å²) in [6, 6.07) is 0. The van der Waals surface area contributed by atoms with E-state index in [1.165, 1.54) is 32.1 Å². The first-order valence-electron chi connectivity index (χ1n) is 7.91. The summed E-state index contributed by atoms with van der Waals surface area (Å²) in [5, 5.41) is 0. The zero-order chi connectivity index (χ0) is 13.1. The molecule has 1 aliphatic carbocycles. The quantitative estimate of drug-likeness (QED) is 0.747. The topological polar surface area (TPSA) is 49.6 Å². The number of carbonyl (C=O) groups excluding carboxylic acids is 1. The fraction of sp³-hybridized carbons (Fsp3) is 0.933. The second-order valence-electron chi connectivity index (χ2n) is 7.40. The Balaban J connectivity index is 1.75. The Morgan fingerprint density at radius 1 is 0.947 bits per heavy atom. The van der Waals surface area contributed by atoms with Crippen molar-refractivity contribution in [3.8, 4) is 0 Å². The van der Waals surface area contributed by atoms with Crippen LogP contribution in [0, 0.1) is 11.3 Å². The van der Waals surface area contributed by atoms with Gasteiger partial charge in [0.15, 0.2) is 5.78 Å². The van der Waals surface area contributed by atoms with E-state index in [1.54, 1.807) is 0 Å². The normalized spacial score (nSPS) is 50.5. The van der Waals surface area contributed by atoms with Crippen molar-refractivity contribution in [2.75, 3.05) is 39.3 Å². The summed E-state index contributed by atoms with van der Waals surface area (Å²) in [5.74, 6) is 0.988. The summed E-state index contributed by atoms with van der Waals surface area (Å²) in [6.07, 6.45) is 6.43. The molecule has 4 aliphatic heterocycles.